The van der Waals surface area contributed by atoms with Crippen molar-refractivity contribution in [2.45, 2.75) is 19.1 Å². The predicted molar refractivity (Wildman–Crippen MR) is 79.3 cm³/mol. The number of aromatic nitrogens is 2. The zero-order valence-electron chi connectivity index (χ0n) is 11.7. The van der Waals surface area contributed by atoms with Crippen LogP contribution in [0, 0.1) is 0 Å². The number of rotatable bonds is 7. The highest BCUT2D eigenvalue weighted by Crippen LogP contribution is 2.26. The third kappa shape index (κ3) is 4.67. The number of nitrogens with zero attached hydrogens (tertiary/aromatic N) is 2. The maximum Gasteiger partial charge on any atom is 0.239 e. The summed E-state index contributed by atoms with van der Waals surface area (Å²) < 4.78 is 10.6. The molecule has 2 rings (SSSR count). The SMILES string of the molecule is COc1nnc(Cl)cc1C(O)CCOCc1ccccc1. The van der Waals surface area contributed by atoms with Crippen molar-refractivity contribution >= 4 is 11.6 Å². The Labute approximate surface area is 128 Å². The second-order valence-electron chi connectivity index (χ2n) is 4.47. The Morgan fingerprint density at radius 1 is 1.24 bits per heavy atom. The molecule has 5 nitrogen and oxygen atoms in total. The lowest BCUT2D eigenvalue weighted by Crippen LogP contribution is -2.07. The zero-order chi connectivity index (χ0) is 15.1. The van der Waals surface area contributed by atoms with Crippen molar-refractivity contribution in [3.63, 3.8) is 0 Å². The van der Waals surface area contributed by atoms with E-state index in [2.05, 4.69) is 10.2 Å². The molecule has 0 spiro atoms. The highest BCUT2D eigenvalue weighted by atomic mass is 35.5. The predicted octanol–water partition coefficient (Wildman–Crippen LogP) is 2.78. The van der Waals surface area contributed by atoms with Crippen LogP contribution in [0.1, 0.15) is 23.7 Å². The molecule has 0 radical (unpaired) electrons. The summed E-state index contributed by atoms with van der Waals surface area (Å²) in [6.45, 7) is 0.930. The molecule has 6 heteroatoms. The highest BCUT2D eigenvalue weighted by molar-refractivity contribution is 6.29. The highest BCUT2D eigenvalue weighted by Gasteiger charge is 2.16. The summed E-state index contributed by atoms with van der Waals surface area (Å²) in [6, 6.07) is 11.4. The summed E-state index contributed by atoms with van der Waals surface area (Å²) in [6.07, 6.45) is -0.339. The summed E-state index contributed by atoms with van der Waals surface area (Å²) in [4.78, 5) is 0. The molecule has 2 aromatic rings. The van der Waals surface area contributed by atoms with Gasteiger partial charge in [0, 0.05) is 18.6 Å². The van der Waals surface area contributed by atoms with Gasteiger partial charge in [-0.15, -0.1) is 10.2 Å². The molecule has 1 aromatic carbocycles. The molecule has 1 aromatic heterocycles. The summed E-state index contributed by atoms with van der Waals surface area (Å²) in [5.74, 6) is 0.273. The van der Waals surface area contributed by atoms with Gasteiger partial charge in [0.05, 0.1) is 19.8 Å². The molecule has 0 aliphatic rings. The second-order valence-corrected chi connectivity index (χ2v) is 4.86. The van der Waals surface area contributed by atoms with Gasteiger partial charge in [0.2, 0.25) is 5.88 Å². The summed E-state index contributed by atoms with van der Waals surface area (Å²) in [5.41, 5.74) is 1.61. The Balaban J connectivity index is 1.84. The third-order valence-electron chi connectivity index (χ3n) is 2.96. The van der Waals surface area contributed by atoms with Crippen LogP contribution in [-0.4, -0.2) is 29.0 Å². The van der Waals surface area contributed by atoms with Gasteiger partial charge in [-0.2, -0.15) is 0 Å². The van der Waals surface area contributed by atoms with Crippen LogP contribution in [0.25, 0.3) is 0 Å². The molecule has 0 amide bonds. The van der Waals surface area contributed by atoms with Gasteiger partial charge < -0.3 is 14.6 Å². The molecule has 112 valence electrons. The molecule has 1 unspecified atom stereocenters. The van der Waals surface area contributed by atoms with Crippen molar-refractivity contribution in [3.05, 3.63) is 52.7 Å². The first-order chi connectivity index (χ1) is 10.2. The normalized spacial score (nSPS) is 12.1. The topological polar surface area (TPSA) is 64.5 Å². The largest absolute Gasteiger partial charge is 0.480 e. The van der Waals surface area contributed by atoms with Crippen molar-refractivity contribution < 1.29 is 14.6 Å². The average Bonchev–Trinajstić information content (AvgIpc) is 2.52. The second kappa shape index (κ2) is 7.93. The van der Waals surface area contributed by atoms with Gasteiger partial charge in [0.15, 0.2) is 5.15 Å². The molecule has 0 saturated heterocycles. The summed E-state index contributed by atoms with van der Waals surface area (Å²) >= 11 is 5.79. The van der Waals surface area contributed by atoms with Crippen LogP contribution in [0.3, 0.4) is 0 Å². The Bertz CT molecular complexity index is 566. The molecular formula is C15H17ClN2O3. The Hall–Kier alpha value is -1.69. The summed E-state index contributed by atoms with van der Waals surface area (Å²) in [5, 5.41) is 17.9. The maximum absolute atomic E-state index is 10.2. The maximum atomic E-state index is 10.2. The molecule has 0 bridgehead atoms. The fourth-order valence-electron chi connectivity index (χ4n) is 1.88. The minimum absolute atomic E-state index is 0.218. The van der Waals surface area contributed by atoms with E-state index in [1.165, 1.54) is 7.11 Å². The van der Waals surface area contributed by atoms with Gasteiger partial charge in [0.25, 0.3) is 0 Å². The van der Waals surface area contributed by atoms with Crippen LogP contribution in [0.2, 0.25) is 5.15 Å². The lowest BCUT2D eigenvalue weighted by Gasteiger charge is -2.13. The van der Waals surface area contributed by atoms with Crippen LogP contribution in [-0.2, 0) is 11.3 Å². The minimum atomic E-state index is -0.760. The fourth-order valence-corrected chi connectivity index (χ4v) is 2.04. The molecule has 0 aliphatic carbocycles. The van der Waals surface area contributed by atoms with Gasteiger partial charge in [-0.25, -0.2) is 0 Å². The zero-order valence-corrected chi connectivity index (χ0v) is 12.5. The number of aliphatic hydroxyl groups excluding tert-OH is 1. The van der Waals surface area contributed by atoms with Crippen molar-refractivity contribution in [2.75, 3.05) is 13.7 Å². The molecule has 0 aliphatic heterocycles. The van der Waals surface area contributed by atoms with Crippen LogP contribution in [0.4, 0.5) is 0 Å². The quantitative estimate of drug-likeness (QED) is 0.797. The van der Waals surface area contributed by atoms with E-state index in [0.717, 1.165) is 5.56 Å². The van der Waals surface area contributed by atoms with Crippen LogP contribution < -0.4 is 4.74 Å². The van der Waals surface area contributed by atoms with Gasteiger partial charge >= 0.3 is 0 Å². The van der Waals surface area contributed by atoms with Gasteiger partial charge in [0.1, 0.15) is 0 Å². The molecular weight excluding hydrogens is 292 g/mol. The van der Waals surface area contributed by atoms with E-state index >= 15 is 0 Å². The molecule has 0 saturated carbocycles. The van der Waals surface area contributed by atoms with Gasteiger partial charge in [-0.1, -0.05) is 41.9 Å². The Morgan fingerprint density at radius 3 is 2.71 bits per heavy atom. The van der Waals surface area contributed by atoms with Gasteiger partial charge in [-0.05, 0) is 11.6 Å². The van der Waals surface area contributed by atoms with E-state index in [1.54, 1.807) is 6.07 Å². The first kappa shape index (κ1) is 15.7. The number of aliphatic hydroxyl groups is 1. The van der Waals surface area contributed by atoms with Crippen LogP contribution in [0.5, 0.6) is 5.88 Å². The number of methoxy groups -OCH3 is 1. The number of hydrogen-bond donors (Lipinski definition) is 1. The monoisotopic (exact) mass is 308 g/mol. The molecule has 1 atom stereocenters. The lowest BCUT2D eigenvalue weighted by molar-refractivity contribution is 0.0720. The first-order valence-corrected chi connectivity index (χ1v) is 6.95. The van der Waals surface area contributed by atoms with Crippen molar-refractivity contribution in [1.82, 2.24) is 10.2 Å². The Morgan fingerprint density at radius 2 is 2.00 bits per heavy atom. The van der Waals surface area contributed by atoms with Crippen LogP contribution in [0.15, 0.2) is 36.4 Å². The molecule has 1 heterocycles. The lowest BCUT2D eigenvalue weighted by atomic mass is 10.1. The summed E-state index contributed by atoms with van der Waals surface area (Å²) in [7, 11) is 1.47. The Kier molecular flexibility index (Phi) is 5.92. The number of ether oxygens (including phenoxy) is 2. The smallest absolute Gasteiger partial charge is 0.239 e. The fraction of sp³-hybridized carbons (Fsp3) is 0.333. The van der Waals surface area contributed by atoms with E-state index < -0.39 is 6.10 Å². The van der Waals surface area contributed by atoms with E-state index in [9.17, 15) is 5.11 Å². The van der Waals surface area contributed by atoms with E-state index in [1.807, 2.05) is 30.3 Å². The standard InChI is InChI=1S/C15H17ClN2O3/c1-20-15-12(9-14(16)17-18-15)13(19)7-8-21-10-11-5-3-2-4-6-11/h2-6,9,13,19H,7-8,10H2,1H3. The van der Waals surface area contributed by atoms with E-state index in [0.29, 0.717) is 25.2 Å². The van der Waals surface area contributed by atoms with Crippen molar-refractivity contribution in [1.29, 1.82) is 0 Å². The first-order valence-electron chi connectivity index (χ1n) is 6.57. The van der Waals surface area contributed by atoms with Crippen LogP contribution >= 0.6 is 11.6 Å². The van der Waals surface area contributed by atoms with Crippen molar-refractivity contribution in [3.8, 4) is 5.88 Å². The number of hydrogen-bond acceptors (Lipinski definition) is 5. The molecule has 1 N–H and O–H groups in total. The minimum Gasteiger partial charge on any atom is -0.480 e. The third-order valence-corrected chi connectivity index (χ3v) is 3.14. The molecule has 0 fully saturated rings. The van der Waals surface area contributed by atoms with E-state index in [-0.39, 0.29) is 11.0 Å². The average molecular weight is 309 g/mol. The number of benzene rings is 1. The van der Waals surface area contributed by atoms with Gasteiger partial charge in [-0.3, -0.25) is 0 Å². The van der Waals surface area contributed by atoms with Crippen molar-refractivity contribution in [2.24, 2.45) is 0 Å². The molecule has 21 heavy (non-hydrogen) atoms. The van der Waals surface area contributed by atoms with E-state index in [4.69, 9.17) is 21.1 Å². The number of halogens is 1.